The largest absolute Gasteiger partial charge is 0.363 e. The number of rotatable bonds is 5. The minimum Gasteiger partial charge on any atom is -0.363 e. The summed E-state index contributed by atoms with van der Waals surface area (Å²) >= 11 is 0. The maximum absolute atomic E-state index is 10.7. The molecule has 0 saturated heterocycles. The van der Waals surface area contributed by atoms with Crippen LogP contribution in [-0.4, -0.2) is 24.0 Å². The maximum Gasteiger partial charge on any atom is 0.342 e. The summed E-state index contributed by atoms with van der Waals surface area (Å²) < 4.78 is 8.82. The van der Waals surface area contributed by atoms with Gasteiger partial charge in [-0.1, -0.05) is 0 Å². The molecule has 0 fully saturated rings. The van der Waals surface area contributed by atoms with Gasteiger partial charge in [0.25, 0.3) is 0 Å². The van der Waals surface area contributed by atoms with Crippen LogP contribution in [0.5, 0.6) is 0 Å². The molecule has 19 heavy (non-hydrogen) atoms. The zero-order chi connectivity index (χ0) is 14.0. The summed E-state index contributed by atoms with van der Waals surface area (Å²) in [6.07, 6.45) is 2.99. The van der Waals surface area contributed by atoms with E-state index in [-0.39, 0.29) is 12.4 Å². The van der Waals surface area contributed by atoms with Gasteiger partial charge >= 0.3 is 5.82 Å². The fourth-order valence-corrected chi connectivity index (χ4v) is 1.65. The molecule has 0 amide bonds. The lowest BCUT2D eigenvalue weighted by Crippen LogP contribution is -2.06. The van der Waals surface area contributed by atoms with E-state index < -0.39 is 4.92 Å². The number of nitro groups is 1. The van der Waals surface area contributed by atoms with Gasteiger partial charge in [-0.3, -0.25) is 0 Å². The van der Waals surface area contributed by atoms with Crippen LogP contribution in [0.4, 0.5) is 5.82 Å². The third-order valence-electron chi connectivity index (χ3n) is 3.03. The van der Waals surface area contributed by atoms with Crippen LogP contribution < -0.4 is 0 Å². The van der Waals surface area contributed by atoms with E-state index in [0.29, 0.717) is 12.4 Å². The van der Waals surface area contributed by atoms with Crippen LogP contribution in [0, 0.1) is 17.0 Å². The second-order valence-corrected chi connectivity index (χ2v) is 4.22. The van der Waals surface area contributed by atoms with Gasteiger partial charge in [0.15, 0.2) is 0 Å². The summed E-state index contributed by atoms with van der Waals surface area (Å²) in [5.41, 5.74) is 1.05. The molecule has 0 radical (unpaired) electrons. The number of hydrogen-bond donors (Lipinski definition) is 0. The summed E-state index contributed by atoms with van der Waals surface area (Å²) in [5.74, 6) is 1.27. The van der Waals surface area contributed by atoms with Crippen molar-refractivity contribution < 1.29 is 9.66 Å². The molecule has 2 aromatic heterocycles. The monoisotopic (exact) mass is 265 g/mol. The highest BCUT2D eigenvalue weighted by Gasteiger charge is 2.16. The molecule has 0 unspecified atom stereocenters. The molecule has 0 spiro atoms. The van der Waals surface area contributed by atoms with Crippen molar-refractivity contribution in [2.75, 3.05) is 0 Å². The predicted molar refractivity (Wildman–Crippen MR) is 66.3 cm³/mol. The average molecular weight is 265 g/mol. The molecular formula is C11H15N5O3. The first-order chi connectivity index (χ1) is 9.00. The van der Waals surface area contributed by atoms with Crippen LogP contribution in [0.25, 0.3) is 0 Å². The Morgan fingerprint density at radius 3 is 2.26 bits per heavy atom. The molecule has 0 aliphatic carbocycles. The molecule has 102 valence electrons. The Balaban J connectivity index is 1.96. The lowest BCUT2D eigenvalue weighted by atomic mass is 10.5. The van der Waals surface area contributed by atoms with E-state index in [1.54, 1.807) is 13.2 Å². The van der Waals surface area contributed by atoms with Crippen LogP contribution in [0.1, 0.15) is 17.3 Å². The van der Waals surface area contributed by atoms with Gasteiger partial charge in [-0.25, -0.2) is 14.5 Å². The third kappa shape index (κ3) is 2.63. The zero-order valence-electron chi connectivity index (χ0n) is 11.0. The summed E-state index contributed by atoms with van der Waals surface area (Å²) in [4.78, 5) is 18.4. The van der Waals surface area contributed by atoms with Crippen molar-refractivity contribution in [3.05, 3.63) is 39.9 Å². The number of aromatic nitrogens is 4. The maximum atomic E-state index is 10.7. The van der Waals surface area contributed by atoms with Gasteiger partial charge in [0.2, 0.25) is 5.82 Å². The van der Waals surface area contributed by atoms with E-state index >= 15 is 0 Å². The van der Waals surface area contributed by atoms with Crippen LogP contribution in [0.2, 0.25) is 0 Å². The SMILES string of the molecule is Cc1cnc(COCc2ncc([N+](=O)[O-])n2C)n1C. The number of ether oxygens (including phenoxy) is 1. The summed E-state index contributed by atoms with van der Waals surface area (Å²) in [6, 6.07) is 0. The van der Waals surface area contributed by atoms with E-state index in [1.165, 1.54) is 10.8 Å². The molecule has 2 aromatic rings. The van der Waals surface area contributed by atoms with Gasteiger partial charge in [0.1, 0.15) is 25.2 Å². The molecule has 2 heterocycles. The summed E-state index contributed by atoms with van der Waals surface area (Å²) in [6.45, 7) is 2.50. The van der Waals surface area contributed by atoms with Gasteiger partial charge in [-0.2, -0.15) is 0 Å². The second-order valence-electron chi connectivity index (χ2n) is 4.22. The molecule has 0 bridgehead atoms. The first kappa shape index (κ1) is 13.2. The van der Waals surface area contributed by atoms with Gasteiger partial charge in [0.05, 0.1) is 7.05 Å². The number of nitrogens with zero attached hydrogens (tertiary/aromatic N) is 5. The fourth-order valence-electron chi connectivity index (χ4n) is 1.65. The molecule has 0 atom stereocenters. The zero-order valence-corrected chi connectivity index (χ0v) is 11.0. The highest BCUT2D eigenvalue weighted by molar-refractivity contribution is 5.18. The minimum absolute atomic E-state index is 0.0496. The Labute approximate surface area is 109 Å². The molecule has 2 rings (SSSR count). The van der Waals surface area contributed by atoms with E-state index in [0.717, 1.165) is 11.5 Å². The van der Waals surface area contributed by atoms with E-state index in [9.17, 15) is 10.1 Å². The Morgan fingerprint density at radius 1 is 1.21 bits per heavy atom. The Bertz CT molecular complexity index is 601. The molecule has 8 nitrogen and oxygen atoms in total. The van der Waals surface area contributed by atoms with Crippen molar-refractivity contribution in [1.82, 2.24) is 19.1 Å². The number of imidazole rings is 2. The molecule has 0 aliphatic heterocycles. The van der Waals surface area contributed by atoms with Gasteiger partial charge in [0, 0.05) is 18.9 Å². The quantitative estimate of drug-likeness (QED) is 0.596. The minimum atomic E-state index is -0.474. The highest BCUT2D eigenvalue weighted by Crippen LogP contribution is 2.13. The van der Waals surface area contributed by atoms with E-state index in [2.05, 4.69) is 9.97 Å². The molecule has 0 aromatic carbocycles. The Morgan fingerprint density at radius 2 is 1.79 bits per heavy atom. The average Bonchev–Trinajstić information content (AvgIpc) is 2.87. The van der Waals surface area contributed by atoms with Gasteiger partial charge < -0.3 is 19.4 Å². The predicted octanol–water partition coefficient (Wildman–Crippen LogP) is 1.09. The van der Waals surface area contributed by atoms with Crippen molar-refractivity contribution in [2.45, 2.75) is 20.1 Å². The van der Waals surface area contributed by atoms with Crippen molar-refractivity contribution >= 4 is 5.82 Å². The Kier molecular flexibility index (Phi) is 3.61. The lowest BCUT2D eigenvalue weighted by molar-refractivity contribution is -0.391. The number of hydrogen-bond acceptors (Lipinski definition) is 5. The van der Waals surface area contributed by atoms with Gasteiger partial charge in [-0.05, 0) is 11.8 Å². The van der Waals surface area contributed by atoms with Crippen LogP contribution in [0.15, 0.2) is 12.4 Å². The second kappa shape index (κ2) is 5.19. The Hall–Kier alpha value is -2.22. The highest BCUT2D eigenvalue weighted by atomic mass is 16.6. The summed E-state index contributed by atoms with van der Waals surface area (Å²) in [7, 11) is 3.50. The lowest BCUT2D eigenvalue weighted by Gasteiger charge is -2.04. The molecular weight excluding hydrogens is 250 g/mol. The van der Waals surface area contributed by atoms with Crippen LogP contribution >= 0.6 is 0 Å². The molecule has 0 N–H and O–H groups in total. The van der Waals surface area contributed by atoms with Crippen molar-refractivity contribution in [1.29, 1.82) is 0 Å². The molecule has 8 heteroatoms. The van der Waals surface area contributed by atoms with Crippen LogP contribution in [-0.2, 0) is 32.0 Å². The van der Waals surface area contributed by atoms with Crippen molar-refractivity contribution in [3.8, 4) is 0 Å². The van der Waals surface area contributed by atoms with E-state index in [4.69, 9.17) is 4.74 Å². The number of aryl methyl sites for hydroxylation is 1. The van der Waals surface area contributed by atoms with Crippen LogP contribution in [0.3, 0.4) is 0 Å². The first-order valence-corrected chi connectivity index (χ1v) is 5.70. The van der Waals surface area contributed by atoms with Crippen molar-refractivity contribution in [2.24, 2.45) is 14.1 Å². The van der Waals surface area contributed by atoms with Gasteiger partial charge in [-0.15, -0.1) is 0 Å². The van der Waals surface area contributed by atoms with E-state index in [1.807, 2.05) is 18.5 Å². The smallest absolute Gasteiger partial charge is 0.342 e. The summed E-state index contributed by atoms with van der Waals surface area (Å²) in [5, 5.41) is 10.7. The molecule has 0 saturated carbocycles. The first-order valence-electron chi connectivity index (χ1n) is 5.70. The fraction of sp³-hybridized carbons (Fsp3) is 0.455. The third-order valence-corrected chi connectivity index (χ3v) is 3.03. The van der Waals surface area contributed by atoms with Crippen molar-refractivity contribution in [3.63, 3.8) is 0 Å². The normalized spacial score (nSPS) is 10.9. The molecule has 0 aliphatic rings. The topological polar surface area (TPSA) is 88.0 Å². The standard InChI is InChI=1S/C11H15N5O3/c1-8-4-12-9(14(8)2)6-19-7-10-13-5-11(15(10)3)16(17)18/h4-5H,6-7H2,1-3H3.